The first-order valence-electron chi connectivity index (χ1n) is 19.4. The number of anilines is 1. The van der Waals surface area contributed by atoms with E-state index in [1.54, 1.807) is 37.5 Å². The number of fused-ring (bicyclic) bond motifs is 3. The molecular weight excluding hydrogens is 683 g/mol. The molecule has 2 fully saturated rings. The van der Waals surface area contributed by atoms with Crippen molar-refractivity contribution in [2.45, 2.75) is 81.6 Å². The Kier molecular flexibility index (Phi) is 10.9. The minimum atomic E-state index is -2.03. The molecule has 5 aliphatic rings. The molecule has 0 amide bonds. The molecule has 3 aliphatic carbocycles. The molecule has 12 heteroatoms. The van der Waals surface area contributed by atoms with E-state index in [9.17, 15) is 14.4 Å². The number of esters is 1. The van der Waals surface area contributed by atoms with Gasteiger partial charge in [0.25, 0.3) is 5.60 Å². The van der Waals surface area contributed by atoms with Crippen LogP contribution in [0.15, 0.2) is 83.0 Å². The van der Waals surface area contributed by atoms with Crippen molar-refractivity contribution >= 4 is 29.3 Å². The Morgan fingerprint density at radius 2 is 2.00 bits per heavy atom. The standard InChI is InChI=1S/C42H53N7O5/c1-5-45-34-22-29-12-7-6-11-28(29)21-30(34)25-53-38(52)42-37(51)33-14-9-8-13-32(33)36(50)41(42,54-42)18-15-27(2)24-40(17-10-19-47-39(44-4)49-40)31-16-20-46-35(23-31)48-26-43-3/h7-9,12-16,20,22-23,28,30,34,43,45H,5-6,10-11,17-19,21,24-26H2,1-4H3,(H,46,48)(H2,44,47,49). The largest absolute Gasteiger partial charge is 0.463 e. The Morgan fingerprint density at radius 3 is 2.78 bits per heavy atom. The van der Waals surface area contributed by atoms with Crippen LogP contribution in [0.1, 0.15) is 85.1 Å². The Labute approximate surface area is 317 Å². The van der Waals surface area contributed by atoms with Gasteiger partial charge in [0.2, 0.25) is 5.78 Å². The normalized spacial score (nSPS) is 30.9. The van der Waals surface area contributed by atoms with E-state index in [1.165, 1.54) is 5.57 Å². The molecule has 2 saturated heterocycles. The summed E-state index contributed by atoms with van der Waals surface area (Å²) in [6.45, 7) is 6.30. The lowest BCUT2D eigenvalue weighted by Gasteiger charge is -2.36. The average molecular weight is 736 g/mol. The second kappa shape index (κ2) is 15.6. The van der Waals surface area contributed by atoms with E-state index in [1.807, 2.05) is 26.1 Å². The van der Waals surface area contributed by atoms with E-state index >= 15 is 0 Å². The van der Waals surface area contributed by atoms with Crippen LogP contribution in [0.5, 0.6) is 0 Å². The maximum atomic E-state index is 14.4. The molecular formula is C42H53N7O5. The highest BCUT2D eigenvalue weighted by atomic mass is 16.7. The zero-order valence-corrected chi connectivity index (χ0v) is 31.8. The first kappa shape index (κ1) is 37.7. The van der Waals surface area contributed by atoms with Gasteiger partial charge in [-0.15, -0.1) is 0 Å². The lowest BCUT2D eigenvalue weighted by molar-refractivity contribution is -0.150. The summed E-state index contributed by atoms with van der Waals surface area (Å²) in [7, 11) is 3.62. The Bertz CT molecular complexity index is 1910. The maximum Gasteiger partial charge on any atom is 0.350 e. The number of likely N-dealkylation sites (N-methyl/N-ethyl adjacent to an activating group) is 1. The molecule has 2 aliphatic heterocycles. The van der Waals surface area contributed by atoms with Crippen molar-refractivity contribution < 1.29 is 23.9 Å². The number of aliphatic imine (C=N–C) groups is 1. The number of pyridine rings is 1. The second-order valence-electron chi connectivity index (χ2n) is 15.2. The molecule has 12 nitrogen and oxygen atoms in total. The van der Waals surface area contributed by atoms with Crippen molar-refractivity contribution in [1.82, 2.24) is 26.3 Å². The van der Waals surface area contributed by atoms with Gasteiger partial charge in [-0.2, -0.15) is 0 Å². The zero-order chi connectivity index (χ0) is 37.9. The lowest BCUT2D eigenvalue weighted by atomic mass is 9.72. The fourth-order valence-electron chi connectivity index (χ4n) is 8.96. The van der Waals surface area contributed by atoms with Crippen LogP contribution in [0.25, 0.3) is 0 Å². The molecule has 1 aromatic heterocycles. The average Bonchev–Trinajstić information content (AvgIpc) is 3.95. The molecule has 6 unspecified atom stereocenters. The number of rotatable bonds is 13. The number of epoxide rings is 1. The summed E-state index contributed by atoms with van der Waals surface area (Å²) in [5.74, 6) is 0.195. The van der Waals surface area contributed by atoms with Crippen molar-refractivity contribution in [2.24, 2.45) is 16.8 Å². The van der Waals surface area contributed by atoms with Gasteiger partial charge in [-0.1, -0.05) is 61.1 Å². The SMILES string of the molecule is CCNC1C=C2C=CCCC2CC1COC(=O)C12OC1(CC=C(C)CC1(c3ccnc(NCNC)c3)CCCNC(=NC)N1)C(=O)c1ccccc1C2=O. The highest BCUT2D eigenvalue weighted by Crippen LogP contribution is 2.58. The number of ether oxygens (including phenoxy) is 2. The topological polar surface area (TPSA) is 158 Å². The fraction of sp³-hybridized carbons (Fsp3) is 0.500. The molecule has 54 heavy (non-hydrogen) atoms. The molecule has 0 bridgehead atoms. The number of hydrogen-bond acceptors (Lipinski definition) is 10. The molecule has 5 N–H and O–H groups in total. The molecule has 2 aromatic rings. The van der Waals surface area contributed by atoms with E-state index < -0.39 is 28.5 Å². The van der Waals surface area contributed by atoms with Gasteiger partial charge in [0.1, 0.15) is 5.82 Å². The molecule has 0 saturated carbocycles. The van der Waals surface area contributed by atoms with E-state index in [0.29, 0.717) is 25.0 Å². The van der Waals surface area contributed by atoms with Crippen molar-refractivity contribution in [1.29, 1.82) is 0 Å². The second-order valence-corrected chi connectivity index (χ2v) is 15.2. The van der Waals surface area contributed by atoms with Crippen molar-refractivity contribution in [3.63, 3.8) is 0 Å². The van der Waals surface area contributed by atoms with Crippen LogP contribution >= 0.6 is 0 Å². The lowest BCUT2D eigenvalue weighted by Crippen LogP contribution is -2.51. The summed E-state index contributed by atoms with van der Waals surface area (Å²) in [6.07, 6.45) is 15.7. The number of Topliss-reactive ketones (excluding diaryl/α,β-unsaturated/α-hetero) is 2. The van der Waals surface area contributed by atoms with E-state index in [2.05, 4.69) is 67.8 Å². The maximum absolute atomic E-state index is 14.4. The minimum Gasteiger partial charge on any atom is -0.463 e. The van der Waals surface area contributed by atoms with Gasteiger partial charge in [0.15, 0.2) is 17.3 Å². The van der Waals surface area contributed by atoms with Crippen molar-refractivity contribution in [3.05, 3.63) is 94.7 Å². The number of ketones is 2. The summed E-state index contributed by atoms with van der Waals surface area (Å²) in [6, 6.07) is 10.8. The predicted octanol–water partition coefficient (Wildman–Crippen LogP) is 4.57. The van der Waals surface area contributed by atoms with Crippen LogP contribution in [0.2, 0.25) is 0 Å². The summed E-state index contributed by atoms with van der Waals surface area (Å²) >= 11 is 0. The van der Waals surface area contributed by atoms with Crippen LogP contribution in [0.4, 0.5) is 5.82 Å². The van der Waals surface area contributed by atoms with E-state index in [4.69, 9.17) is 9.47 Å². The molecule has 3 heterocycles. The van der Waals surface area contributed by atoms with Crippen molar-refractivity contribution in [3.8, 4) is 0 Å². The number of nitrogens with zero attached hydrogens (tertiary/aromatic N) is 2. The highest BCUT2D eigenvalue weighted by molar-refractivity contribution is 6.32. The summed E-state index contributed by atoms with van der Waals surface area (Å²) in [5, 5.41) is 17.0. The monoisotopic (exact) mass is 735 g/mol. The van der Waals surface area contributed by atoms with Crippen LogP contribution in [-0.4, -0.2) is 86.2 Å². The van der Waals surface area contributed by atoms with Crippen LogP contribution < -0.4 is 26.6 Å². The smallest absolute Gasteiger partial charge is 0.350 e. The van der Waals surface area contributed by atoms with E-state index in [-0.39, 0.29) is 41.9 Å². The number of nitrogens with one attached hydrogen (secondary N) is 5. The van der Waals surface area contributed by atoms with Gasteiger partial charge < -0.3 is 36.1 Å². The van der Waals surface area contributed by atoms with Gasteiger partial charge in [0.05, 0.1) is 18.8 Å². The van der Waals surface area contributed by atoms with Gasteiger partial charge in [-0.05, 0) is 88.2 Å². The number of benzene rings is 1. The molecule has 1 aromatic carbocycles. The summed E-state index contributed by atoms with van der Waals surface area (Å²) in [4.78, 5) is 52.0. The van der Waals surface area contributed by atoms with Crippen molar-refractivity contribution in [2.75, 3.05) is 45.8 Å². The van der Waals surface area contributed by atoms with Gasteiger partial charge in [-0.25, -0.2) is 9.78 Å². The number of allylic oxidation sites excluding steroid dienone is 3. The van der Waals surface area contributed by atoms with Crippen LogP contribution in [0.3, 0.4) is 0 Å². The highest BCUT2D eigenvalue weighted by Gasteiger charge is 2.85. The fourth-order valence-corrected chi connectivity index (χ4v) is 8.96. The summed E-state index contributed by atoms with van der Waals surface area (Å²) in [5.41, 5.74) is -0.479. The molecule has 286 valence electrons. The Morgan fingerprint density at radius 1 is 1.19 bits per heavy atom. The Balaban J connectivity index is 1.17. The van der Waals surface area contributed by atoms with E-state index in [0.717, 1.165) is 62.1 Å². The number of carbonyl (C=O) groups is 3. The third-order valence-corrected chi connectivity index (χ3v) is 11.8. The number of hydrogen-bond donors (Lipinski definition) is 5. The third kappa shape index (κ3) is 6.80. The molecule has 0 radical (unpaired) electrons. The Hall–Kier alpha value is -4.65. The third-order valence-electron chi connectivity index (χ3n) is 11.8. The predicted molar refractivity (Wildman–Crippen MR) is 208 cm³/mol. The first-order chi connectivity index (χ1) is 26.2. The van der Waals surface area contributed by atoms with Gasteiger partial charge in [-0.3, -0.25) is 14.6 Å². The zero-order valence-electron chi connectivity index (χ0n) is 31.8. The number of aromatic nitrogens is 1. The molecule has 6 atom stereocenters. The number of guanidine groups is 1. The van der Waals surface area contributed by atoms with Crippen LogP contribution in [0, 0.1) is 11.8 Å². The molecule has 7 rings (SSSR count). The first-order valence-corrected chi connectivity index (χ1v) is 19.4. The van der Waals surface area contributed by atoms with Gasteiger partial charge in [0, 0.05) is 49.3 Å². The molecule has 0 spiro atoms. The van der Waals surface area contributed by atoms with Crippen LogP contribution in [-0.2, 0) is 19.8 Å². The minimum absolute atomic E-state index is 0.0268. The quantitative estimate of drug-likeness (QED) is 0.0646. The van der Waals surface area contributed by atoms with Gasteiger partial charge >= 0.3 is 5.97 Å². The number of carbonyl (C=O) groups excluding carboxylic acids is 3. The summed E-state index contributed by atoms with van der Waals surface area (Å²) < 4.78 is 12.3.